The van der Waals surface area contributed by atoms with Crippen LogP contribution in [0, 0.1) is 0 Å². The summed E-state index contributed by atoms with van der Waals surface area (Å²) in [7, 11) is 1.51. The van der Waals surface area contributed by atoms with Gasteiger partial charge in [-0.3, -0.25) is 0 Å². The Balaban J connectivity index is 2.39. The predicted octanol–water partition coefficient (Wildman–Crippen LogP) is 3.34. The quantitative estimate of drug-likeness (QED) is 0.706. The SMILES string of the molecule is CN(C(=O)OCC(F)(F)F)C1CCCCCC1. The first-order valence-corrected chi connectivity index (χ1v) is 5.86. The summed E-state index contributed by atoms with van der Waals surface area (Å²) in [6, 6.07) is 0.0123. The van der Waals surface area contributed by atoms with Gasteiger partial charge in [-0.15, -0.1) is 0 Å². The summed E-state index contributed by atoms with van der Waals surface area (Å²) < 4.78 is 39.9. The zero-order valence-electron chi connectivity index (χ0n) is 9.92. The van der Waals surface area contributed by atoms with Gasteiger partial charge in [0.25, 0.3) is 0 Å². The predicted molar refractivity (Wildman–Crippen MR) is 56.7 cm³/mol. The van der Waals surface area contributed by atoms with E-state index in [0.717, 1.165) is 38.5 Å². The number of rotatable bonds is 2. The van der Waals surface area contributed by atoms with Gasteiger partial charge in [0.15, 0.2) is 6.61 Å². The van der Waals surface area contributed by atoms with Crippen LogP contribution in [0.15, 0.2) is 0 Å². The molecule has 6 heteroatoms. The van der Waals surface area contributed by atoms with Gasteiger partial charge in [-0.2, -0.15) is 13.2 Å². The number of ether oxygens (including phenoxy) is 1. The highest BCUT2D eigenvalue weighted by molar-refractivity contribution is 5.67. The summed E-state index contributed by atoms with van der Waals surface area (Å²) in [5, 5.41) is 0. The molecule has 1 aliphatic rings. The van der Waals surface area contributed by atoms with E-state index in [-0.39, 0.29) is 6.04 Å². The molecule has 3 nitrogen and oxygen atoms in total. The summed E-state index contributed by atoms with van der Waals surface area (Å²) in [5.74, 6) is 0. The monoisotopic (exact) mass is 253 g/mol. The second-order valence-electron chi connectivity index (χ2n) is 4.43. The second kappa shape index (κ2) is 6.12. The number of hydrogen-bond donors (Lipinski definition) is 0. The lowest BCUT2D eigenvalue weighted by Crippen LogP contribution is -2.38. The van der Waals surface area contributed by atoms with Crippen molar-refractivity contribution in [1.82, 2.24) is 4.90 Å². The number of nitrogens with zero attached hydrogens (tertiary/aromatic N) is 1. The van der Waals surface area contributed by atoms with Crippen molar-refractivity contribution in [1.29, 1.82) is 0 Å². The number of alkyl halides is 3. The van der Waals surface area contributed by atoms with E-state index in [1.807, 2.05) is 0 Å². The summed E-state index contributed by atoms with van der Waals surface area (Å²) in [4.78, 5) is 12.7. The molecule has 0 aliphatic heterocycles. The van der Waals surface area contributed by atoms with E-state index >= 15 is 0 Å². The number of carbonyl (C=O) groups excluding carboxylic acids is 1. The van der Waals surface area contributed by atoms with E-state index in [1.165, 1.54) is 11.9 Å². The highest BCUT2D eigenvalue weighted by Crippen LogP contribution is 2.22. The molecule has 0 bridgehead atoms. The van der Waals surface area contributed by atoms with E-state index in [9.17, 15) is 18.0 Å². The molecule has 1 amide bonds. The minimum Gasteiger partial charge on any atom is -0.440 e. The average Bonchev–Trinajstić information content (AvgIpc) is 2.52. The maximum absolute atomic E-state index is 11.9. The van der Waals surface area contributed by atoms with Crippen molar-refractivity contribution in [3.8, 4) is 0 Å². The fourth-order valence-corrected chi connectivity index (χ4v) is 2.04. The van der Waals surface area contributed by atoms with Crippen molar-refractivity contribution in [2.45, 2.75) is 50.7 Å². The number of amides is 1. The van der Waals surface area contributed by atoms with E-state index in [2.05, 4.69) is 4.74 Å². The van der Waals surface area contributed by atoms with Gasteiger partial charge in [-0.25, -0.2) is 4.79 Å². The minimum atomic E-state index is -4.46. The Morgan fingerprint density at radius 1 is 1.24 bits per heavy atom. The molecular weight excluding hydrogens is 235 g/mol. The molecule has 0 saturated heterocycles. The fourth-order valence-electron chi connectivity index (χ4n) is 2.04. The third kappa shape index (κ3) is 5.28. The van der Waals surface area contributed by atoms with Crippen molar-refractivity contribution in [2.75, 3.05) is 13.7 Å². The van der Waals surface area contributed by atoms with E-state index < -0.39 is 18.9 Å². The maximum Gasteiger partial charge on any atom is 0.422 e. The topological polar surface area (TPSA) is 29.5 Å². The highest BCUT2D eigenvalue weighted by Gasteiger charge is 2.31. The van der Waals surface area contributed by atoms with Crippen LogP contribution in [0.5, 0.6) is 0 Å². The number of hydrogen-bond acceptors (Lipinski definition) is 2. The lowest BCUT2D eigenvalue weighted by Gasteiger charge is -2.26. The molecule has 0 heterocycles. The van der Waals surface area contributed by atoms with Gasteiger partial charge in [0.1, 0.15) is 0 Å². The molecule has 0 N–H and O–H groups in total. The standard InChI is InChI=1S/C11H18F3NO2/c1-15(9-6-4-2-3-5-7-9)10(16)17-8-11(12,13)14/h9H,2-8H2,1H3. The Morgan fingerprint density at radius 3 is 2.24 bits per heavy atom. The molecule has 0 unspecified atom stereocenters. The van der Waals surface area contributed by atoms with Gasteiger partial charge in [-0.05, 0) is 12.8 Å². The second-order valence-corrected chi connectivity index (χ2v) is 4.43. The Kier molecular flexibility index (Phi) is 5.08. The molecular formula is C11H18F3NO2. The van der Waals surface area contributed by atoms with Crippen LogP contribution in [0.1, 0.15) is 38.5 Å². The molecule has 17 heavy (non-hydrogen) atoms. The van der Waals surface area contributed by atoms with Crippen LogP contribution in [-0.4, -0.2) is 36.9 Å². The Bertz CT molecular complexity index is 248. The first-order chi connectivity index (χ1) is 7.90. The van der Waals surface area contributed by atoms with Crippen LogP contribution in [0.2, 0.25) is 0 Å². The van der Waals surface area contributed by atoms with Crippen molar-refractivity contribution >= 4 is 6.09 Å². The molecule has 100 valence electrons. The van der Waals surface area contributed by atoms with Gasteiger partial charge < -0.3 is 9.64 Å². The van der Waals surface area contributed by atoms with E-state index in [4.69, 9.17) is 0 Å². The number of carbonyl (C=O) groups is 1. The first kappa shape index (κ1) is 14.1. The third-order valence-corrected chi connectivity index (χ3v) is 3.02. The van der Waals surface area contributed by atoms with Gasteiger partial charge in [-0.1, -0.05) is 25.7 Å². The molecule has 0 aromatic heterocycles. The van der Waals surface area contributed by atoms with Crippen LogP contribution < -0.4 is 0 Å². The maximum atomic E-state index is 11.9. The van der Waals surface area contributed by atoms with Crippen LogP contribution in [-0.2, 0) is 4.74 Å². The van der Waals surface area contributed by atoms with Crippen molar-refractivity contribution in [3.05, 3.63) is 0 Å². The van der Waals surface area contributed by atoms with Gasteiger partial charge in [0, 0.05) is 13.1 Å². The van der Waals surface area contributed by atoms with E-state index in [1.54, 1.807) is 0 Å². The smallest absolute Gasteiger partial charge is 0.422 e. The largest absolute Gasteiger partial charge is 0.440 e. The van der Waals surface area contributed by atoms with E-state index in [0.29, 0.717) is 0 Å². The zero-order valence-corrected chi connectivity index (χ0v) is 9.92. The van der Waals surface area contributed by atoms with Crippen molar-refractivity contribution in [2.24, 2.45) is 0 Å². The van der Waals surface area contributed by atoms with Crippen LogP contribution in [0.25, 0.3) is 0 Å². The molecule has 1 saturated carbocycles. The first-order valence-electron chi connectivity index (χ1n) is 5.86. The molecule has 0 spiro atoms. The third-order valence-electron chi connectivity index (χ3n) is 3.02. The molecule has 1 fully saturated rings. The molecule has 1 rings (SSSR count). The van der Waals surface area contributed by atoms with Crippen molar-refractivity contribution in [3.63, 3.8) is 0 Å². The van der Waals surface area contributed by atoms with Crippen molar-refractivity contribution < 1.29 is 22.7 Å². The summed E-state index contributed by atoms with van der Waals surface area (Å²) >= 11 is 0. The fraction of sp³-hybridized carbons (Fsp3) is 0.909. The van der Waals surface area contributed by atoms with Crippen LogP contribution in [0.3, 0.4) is 0 Å². The number of halogens is 3. The zero-order chi connectivity index (χ0) is 12.9. The lowest BCUT2D eigenvalue weighted by molar-refractivity contribution is -0.162. The molecule has 0 aromatic carbocycles. The molecule has 1 aliphatic carbocycles. The Morgan fingerprint density at radius 2 is 1.76 bits per heavy atom. The normalized spacial score (nSPS) is 18.6. The molecule has 0 aromatic rings. The van der Waals surface area contributed by atoms with Crippen LogP contribution >= 0.6 is 0 Å². The van der Waals surface area contributed by atoms with Crippen LogP contribution in [0.4, 0.5) is 18.0 Å². The summed E-state index contributed by atoms with van der Waals surface area (Å²) in [6.45, 7) is -1.51. The Labute approximate surface area is 98.9 Å². The average molecular weight is 253 g/mol. The minimum absolute atomic E-state index is 0.0123. The van der Waals surface area contributed by atoms with Gasteiger partial charge in [0.2, 0.25) is 0 Å². The summed E-state index contributed by atoms with van der Waals surface area (Å²) in [6.07, 6.45) is 0.636. The van der Waals surface area contributed by atoms with Gasteiger partial charge in [0.05, 0.1) is 0 Å². The molecule has 0 radical (unpaired) electrons. The Hall–Kier alpha value is -0.940. The summed E-state index contributed by atoms with van der Waals surface area (Å²) in [5.41, 5.74) is 0. The molecule has 0 atom stereocenters. The lowest BCUT2D eigenvalue weighted by atomic mass is 10.1. The van der Waals surface area contributed by atoms with Gasteiger partial charge >= 0.3 is 12.3 Å². The highest BCUT2D eigenvalue weighted by atomic mass is 19.4.